The van der Waals surface area contributed by atoms with Crippen molar-refractivity contribution in [3.8, 4) is 0 Å². The van der Waals surface area contributed by atoms with E-state index in [0.717, 1.165) is 48.9 Å². The molecule has 1 aliphatic carbocycles. The molecule has 1 aromatic heterocycles. The minimum Gasteiger partial charge on any atom is -0.357 e. The van der Waals surface area contributed by atoms with Crippen molar-refractivity contribution in [3.05, 3.63) is 46.5 Å². The highest BCUT2D eigenvalue weighted by atomic mass is 127. The van der Waals surface area contributed by atoms with Crippen LogP contribution >= 0.6 is 39.9 Å². The third-order valence-corrected chi connectivity index (χ3v) is 5.78. The summed E-state index contributed by atoms with van der Waals surface area (Å²) in [5.41, 5.74) is 1.57. The molecule has 28 heavy (non-hydrogen) atoms. The molecular formula is C20H30BrIN6. The van der Waals surface area contributed by atoms with Gasteiger partial charge in [-0.05, 0) is 37.5 Å². The summed E-state index contributed by atoms with van der Waals surface area (Å²) in [6.07, 6.45) is 6.36. The number of aromatic nitrogens is 3. The summed E-state index contributed by atoms with van der Waals surface area (Å²) in [6, 6.07) is 8.68. The molecule has 1 fully saturated rings. The minimum absolute atomic E-state index is 0. The largest absolute Gasteiger partial charge is 0.357 e. The molecule has 0 saturated heterocycles. The third kappa shape index (κ3) is 5.68. The molecule has 0 bridgehead atoms. The Labute approximate surface area is 193 Å². The van der Waals surface area contributed by atoms with Crippen molar-refractivity contribution in [1.29, 1.82) is 0 Å². The molecule has 1 heterocycles. The van der Waals surface area contributed by atoms with E-state index in [1.807, 2.05) is 0 Å². The number of nitrogens with one attached hydrogen (secondary N) is 2. The van der Waals surface area contributed by atoms with Gasteiger partial charge in [0.05, 0.1) is 6.54 Å². The lowest BCUT2D eigenvalue weighted by Gasteiger charge is -2.41. The average molecular weight is 561 g/mol. The summed E-state index contributed by atoms with van der Waals surface area (Å²) in [7, 11) is 0. The first-order chi connectivity index (χ1) is 13.2. The van der Waals surface area contributed by atoms with Crippen molar-refractivity contribution in [2.75, 3.05) is 19.6 Å². The van der Waals surface area contributed by atoms with Crippen molar-refractivity contribution < 1.29 is 0 Å². The predicted molar refractivity (Wildman–Crippen MR) is 128 cm³/mol. The summed E-state index contributed by atoms with van der Waals surface area (Å²) in [5, 5.41) is 14.9. The van der Waals surface area contributed by atoms with Gasteiger partial charge in [0.1, 0.15) is 12.2 Å². The molecule has 154 valence electrons. The Morgan fingerprint density at radius 1 is 1.29 bits per heavy atom. The third-order valence-electron chi connectivity index (χ3n) is 5.29. The highest BCUT2D eigenvalue weighted by molar-refractivity contribution is 14.0. The number of aryl methyl sites for hydroxylation is 1. The number of aliphatic imine (C=N–C) groups is 1. The fourth-order valence-corrected chi connectivity index (χ4v) is 3.97. The van der Waals surface area contributed by atoms with E-state index >= 15 is 0 Å². The normalized spacial score (nSPS) is 15.5. The van der Waals surface area contributed by atoms with E-state index in [1.54, 1.807) is 6.33 Å². The van der Waals surface area contributed by atoms with Crippen molar-refractivity contribution in [2.24, 2.45) is 4.99 Å². The Bertz CT molecular complexity index is 772. The van der Waals surface area contributed by atoms with E-state index in [1.165, 1.54) is 24.8 Å². The van der Waals surface area contributed by atoms with Gasteiger partial charge in [-0.1, -0.05) is 41.4 Å². The first-order valence-electron chi connectivity index (χ1n) is 9.82. The van der Waals surface area contributed by atoms with Crippen LogP contribution in [0, 0.1) is 0 Å². The van der Waals surface area contributed by atoms with Gasteiger partial charge in [0.15, 0.2) is 5.96 Å². The summed E-state index contributed by atoms with van der Waals surface area (Å²) in [5.74, 6) is 1.90. The van der Waals surface area contributed by atoms with Gasteiger partial charge in [-0.15, -0.1) is 34.2 Å². The lowest BCUT2D eigenvalue weighted by molar-refractivity contribution is 0.253. The van der Waals surface area contributed by atoms with E-state index in [4.69, 9.17) is 4.99 Å². The molecule has 1 saturated carbocycles. The van der Waals surface area contributed by atoms with E-state index in [-0.39, 0.29) is 29.4 Å². The number of halogens is 2. The number of hydrogen-bond donors (Lipinski definition) is 2. The van der Waals surface area contributed by atoms with Crippen LogP contribution in [0.15, 0.2) is 40.1 Å². The van der Waals surface area contributed by atoms with Crippen LogP contribution in [0.5, 0.6) is 0 Å². The lowest BCUT2D eigenvalue weighted by Crippen LogP contribution is -2.42. The van der Waals surface area contributed by atoms with Crippen molar-refractivity contribution >= 4 is 45.9 Å². The van der Waals surface area contributed by atoms with Gasteiger partial charge in [0, 0.05) is 35.9 Å². The quantitative estimate of drug-likeness (QED) is 0.292. The number of rotatable bonds is 8. The molecule has 2 aromatic rings. The molecule has 0 aliphatic heterocycles. The summed E-state index contributed by atoms with van der Waals surface area (Å²) < 4.78 is 3.23. The Morgan fingerprint density at radius 2 is 2.11 bits per heavy atom. The van der Waals surface area contributed by atoms with Crippen LogP contribution in [-0.2, 0) is 18.4 Å². The summed E-state index contributed by atoms with van der Waals surface area (Å²) >= 11 is 3.60. The number of hydrogen-bond acceptors (Lipinski definition) is 3. The standard InChI is InChI=1S/C20H29BrN6.HI/c1-3-18-26-25-15-27(18)12-11-23-19(22-4-2)24-14-20(9-6-10-20)16-7-5-8-17(21)13-16;/h5,7-8,13,15H,3-4,6,9-12,14H2,1-2H3,(H2,22,23,24);1H. The van der Waals surface area contributed by atoms with Gasteiger partial charge in [-0.25, -0.2) is 0 Å². The Kier molecular flexibility index (Phi) is 9.20. The molecule has 0 spiro atoms. The minimum atomic E-state index is 0. The topological polar surface area (TPSA) is 67.1 Å². The summed E-state index contributed by atoms with van der Waals surface area (Å²) in [6.45, 7) is 7.48. The number of nitrogens with zero attached hydrogens (tertiary/aromatic N) is 4. The van der Waals surface area contributed by atoms with Crippen LogP contribution in [0.3, 0.4) is 0 Å². The second kappa shape index (κ2) is 11.1. The predicted octanol–water partition coefficient (Wildman–Crippen LogP) is 3.90. The zero-order valence-electron chi connectivity index (χ0n) is 16.6. The van der Waals surface area contributed by atoms with Crippen LogP contribution in [0.25, 0.3) is 0 Å². The molecule has 8 heteroatoms. The van der Waals surface area contributed by atoms with Gasteiger partial charge < -0.3 is 15.2 Å². The van der Waals surface area contributed by atoms with Crippen LogP contribution in [0.1, 0.15) is 44.5 Å². The molecule has 0 atom stereocenters. The van der Waals surface area contributed by atoms with E-state index in [9.17, 15) is 0 Å². The van der Waals surface area contributed by atoms with Gasteiger partial charge in [-0.3, -0.25) is 4.99 Å². The Balaban J connectivity index is 0.00000280. The fraction of sp³-hybridized carbons (Fsp3) is 0.550. The van der Waals surface area contributed by atoms with Crippen molar-refractivity contribution in [1.82, 2.24) is 25.4 Å². The van der Waals surface area contributed by atoms with Crippen molar-refractivity contribution in [3.63, 3.8) is 0 Å². The molecule has 2 N–H and O–H groups in total. The van der Waals surface area contributed by atoms with Crippen LogP contribution in [0.4, 0.5) is 0 Å². The van der Waals surface area contributed by atoms with Gasteiger partial charge in [-0.2, -0.15) is 0 Å². The molecule has 0 radical (unpaired) electrons. The maximum Gasteiger partial charge on any atom is 0.191 e. The van der Waals surface area contributed by atoms with Gasteiger partial charge in [0.2, 0.25) is 0 Å². The molecule has 6 nitrogen and oxygen atoms in total. The highest BCUT2D eigenvalue weighted by Crippen LogP contribution is 2.44. The zero-order chi connectivity index (χ0) is 19.1. The lowest BCUT2D eigenvalue weighted by atomic mass is 9.64. The van der Waals surface area contributed by atoms with Crippen molar-refractivity contribution in [2.45, 2.75) is 51.5 Å². The number of benzene rings is 1. The summed E-state index contributed by atoms with van der Waals surface area (Å²) in [4.78, 5) is 4.91. The fourth-order valence-electron chi connectivity index (χ4n) is 3.57. The zero-order valence-corrected chi connectivity index (χ0v) is 20.5. The van der Waals surface area contributed by atoms with Crippen LogP contribution in [0.2, 0.25) is 0 Å². The maximum absolute atomic E-state index is 4.91. The van der Waals surface area contributed by atoms with Crippen LogP contribution < -0.4 is 10.6 Å². The number of guanidine groups is 1. The average Bonchev–Trinajstić information content (AvgIpc) is 3.08. The Hall–Kier alpha value is -1.16. The maximum atomic E-state index is 4.91. The van der Waals surface area contributed by atoms with E-state index in [0.29, 0.717) is 0 Å². The molecule has 1 aliphatic rings. The molecule has 1 aromatic carbocycles. The second-order valence-corrected chi connectivity index (χ2v) is 7.98. The SMILES string of the molecule is CCNC(=NCC1(c2cccc(Br)c2)CCC1)NCCn1cnnc1CC.I. The van der Waals surface area contributed by atoms with E-state index in [2.05, 4.69) is 79.4 Å². The first-order valence-corrected chi connectivity index (χ1v) is 10.6. The highest BCUT2D eigenvalue weighted by Gasteiger charge is 2.38. The molecular weight excluding hydrogens is 531 g/mol. The molecule has 0 unspecified atom stereocenters. The monoisotopic (exact) mass is 560 g/mol. The van der Waals surface area contributed by atoms with Gasteiger partial charge >= 0.3 is 0 Å². The second-order valence-electron chi connectivity index (χ2n) is 7.06. The molecule has 3 rings (SSSR count). The molecule has 0 amide bonds. The van der Waals surface area contributed by atoms with Gasteiger partial charge in [0.25, 0.3) is 0 Å². The first kappa shape index (κ1) is 23.1. The smallest absolute Gasteiger partial charge is 0.191 e. The van der Waals surface area contributed by atoms with Crippen LogP contribution in [-0.4, -0.2) is 40.4 Å². The van der Waals surface area contributed by atoms with E-state index < -0.39 is 0 Å². The Morgan fingerprint density at radius 3 is 2.75 bits per heavy atom.